The van der Waals surface area contributed by atoms with Crippen molar-refractivity contribution in [2.75, 3.05) is 12.0 Å². The maximum absolute atomic E-state index is 13.5. The van der Waals surface area contributed by atoms with Crippen LogP contribution in [0, 0.1) is 13.8 Å². The number of carbonyl (C=O) groups excluding carboxylic acids is 1. The second kappa shape index (κ2) is 7.48. The Kier molecular flexibility index (Phi) is 4.88. The van der Waals surface area contributed by atoms with Crippen molar-refractivity contribution in [3.8, 4) is 5.75 Å². The second-order valence-electron chi connectivity index (χ2n) is 6.59. The summed E-state index contributed by atoms with van der Waals surface area (Å²) < 4.78 is 11.9. The van der Waals surface area contributed by atoms with Gasteiger partial charge in [0, 0.05) is 5.56 Å². The molecule has 0 radical (unpaired) electrons. The van der Waals surface area contributed by atoms with Crippen molar-refractivity contribution in [3.05, 3.63) is 77.2 Å². The van der Waals surface area contributed by atoms with Gasteiger partial charge in [-0.2, -0.15) is 0 Å². The van der Waals surface area contributed by atoms with Crippen LogP contribution < -0.4 is 9.64 Å². The summed E-state index contributed by atoms with van der Waals surface area (Å²) in [5.41, 5.74) is 3.39. The van der Waals surface area contributed by atoms with Crippen molar-refractivity contribution < 1.29 is 13.9 Å². The number of methoxy groups -OCH3 is 1. The number of hydrogen-bond donors (Lipinski definition) is 0. The molecule has 0 aliphatic rings. The Labute approximate surface area is 167 Å². The highest BCUT2D eigenvalue weighted by Gasteiger charge is 2.24. The highest BCUT2D eigenvalue weighted by molar-refractivity contribution is 7.22. The molecule has 28 heavy (non-hydrogen) atoms. The van der Waals surface area contributed by atoms with Gasteiger partial charge in [-0.3, -0.25) is 9.69 Å². The van der Waals surface area contributed by atoms with Crippen molar-refractivity contribution in [1.82, 2.24) is 4.98 Å². The van der Waals surface area contributed by atoms with Gasteiger partial charge < -0.3 is 9.15 Å². The fraction of sp³-hybridized carbons (Fsp3) is 0.182. The van der Waals surface area contributed by atoms with Gasteiger partial charge in [0.2, 0.25) is 0 Å². The van der Waals surface area contributed by atoms with Crippen LogP contribution in [0.3, 0.4) is 0 Å². The number of benzene rings is 2. The first-order valence-electron chi connectivity index (χ1n) is 8.92. The third-order valence-corrected chi connectivity index (χ3v) is 5.63. The highest BCUT2D eigenvalue weighted by atomic mass is 32.1. The lowest BCUT2D eigenvalue weighted by molar-refractivity contribution is 0.0982. The van der Waals surface area contributed by atoms with Gasteiger partial charge in [0.05, 0.1) is 24.6 Å². The molecule has 6 heteroatoms. The number of aromatic nitrogens is 1. The molecule has 0 aliphatic heterocycles. The van der Waals surface area contributed by atoms with Crippen LogP contribution in [0.1, 0.15) is 27.2 Å². The number of thiazole rings is 1. The minimum atomic E-state index is -0.101. The van der Waals surface area contributed by atoms with Crippen LogP contribution in [-0.2, 0) is 6.54 Å². The largest absolute Gasteiger partial charge is 0.494 e. The van der Waals surface area contributed by atoms with E-state index in [4.69, 9.17) is 14.1 Å². The van der Waals surface area contributed by atoms with Crippen LogP contribution in [0.5, 0.6) is 5.75 Å². The van der Waals surface area contributed by atoms with E-state index in [-0.39, 0.29) is 5.91 Å². The van der Waals surface area contributed by atoms with Gasteiger partial charge in [0.15, 0.2) is 5.13 Å². The molecule has 0 saturated carbocycles. The summed E-state index contributed by atoms with van der Waals surface area (Å²) >= 11 is 1.46. The van der Waals surface area contributed by atoms with Gasteiger partial charge in [0.25, 0.3) is 5.91 Å². The minimum absolute atomic E-state index is 0.101. The molecule has 2 aromatic heterocycles. The Morgan fingerprint density at radius 3 is 2.79 bits per heavy atom. The fourth-order valence-corrected chi connectivity index (χ4v) is 4.07. The number of ether oxygens (including phenoxy) is 1. The lowest BCUT2D eigenvalue weighted by atomic mass is 10.0. The van der Waals surface area contributed by atoms with E-state index in [9.17, 15) is 4.79 Å². The van der Waals surface area contributed by atoms with Crippen molar-refractivity contribution in [2.45, 2.75) is 20.4 Å². The molecule has 5 nitrogen and oxygen atoms in total. The number of furan rings is 1. The van der Waals surface area contributed by atoms with E-state index >= 15 is 0 Å². The summed E-state index contributed by atoms with van der Waals surface area (Å²) in [6, 6.07) is 15.3. The summed E-state index contributed by atoms with van der Waals surface area (Å²) in [4.78, 5) is 19.9. The number of hydrogen-bond acceptors (Lipinski definition) is 5. The molecule has 0 saturated heterocycles. The van der Waals surface area contributed by atoms with Gasteiger partial charge in [-0.1, -0.05) is 35.1 Å². The lowest BCUT2D eigenvalue weighted by Gasteiger charge is -2.20. The topological polar surface area (TPSA) is 55.6 Å². The first-order chi connectivity index (χ1) is 13.6. The average Bonchev–Trinajstić information content (AvgIpc) is 3.36. The third-order valence-electron chi connectivity index (χ3n) is 4.58. The number of aryl methyl sites for hydroxylation is 2. The molecule has 0 N–H and O–H groups in total. The SMILES string of the molecule is COc1cccc2sc(N(Cc3ccco3)C(=O)c3cc(C)ccc3C)nc12. The van der Waals surface area contributed by atoms with Gasteiger partial charge in [-0.15, -0.1) is 0 Å². The minimum Gasteiger partial charge on any atom is -0.494 e. The third kappa shape index (κ3) is 3.39. The number of amides is 1. The molecule has 2 heterocycles. The Balaban J connectivity index is 1.82. The van der Waals surface area contributed by atoms with E-state index in [1.807, 2.05) is 62.4 Å². The number of para-hydroxylation sites is 1. The molecule has 4 aromatic rings. The smallest absolute Gasteiger partial charge is 0.260 e. The quantitative estimate of drug-likeness (QED) is 0.459. The monoisotopic (exact) mass is 392 g/mol. The van der Waals surface area contributed by atoms with Crippen molar-refractivity contribution >= 4 is 32.6 Å². The zero-order valence-electron chi connectivity index (χ0n) is 15.9. The van der Waals surface area contributed by atoms with E-state index in [1.165, 1.54) is 11.3 Å². The first-order valence-corrected chi connectivity index (χ1v) is 9.73. The standard InChI is InChI=1S/C22H20N2O3S/c1-14-9-10-15(2)17(12-14)21(25)24(13-16-6-5-11-27-16)22-23-20-18(26-3)7-4-8-19(20)28-22/h4-12H,13H2,1-3H3. The Morgan fingerprint density at radius 2 is 2.04 bits per heavy atom. The maximum Gasteiger partial charge on any atom is 0.260 e. The molecule has 0 bridgehead atoms. The van der Waals surface area contributed by atoms with Crippen molar-refractivity contribution in [1.29, 1.82) is 0 Å². The van der Waals surface area contributed by atoms with E-state index in [2.05, 4.69) is 0 Å². The fourth-order valence-electron chi connectivity index (χ4n) is 3.09. The van der Waals surface area contributed by atoms with E-state index < -0.39 is 0 Å². The van der Waals surface area contributed by atoms with E-state index in [1.54, 1.807) is 18.3 Å². The Hall–Kier alpha value is -3.12. The molecule has 0 fully saturated rings. The predicted molar refractivity (Wildman–Crippen MR) is 111 cm³/mol. The normalized spacial score (nSPS) is 11.0. The summed E-state index contributed by atoms with van der Waals surface area (Å²) in [6.45, 7) is 4.23. The number of anilines is 1. The Morgan fingerprint density at radius 1 is 1.18 bits per heavy atom. The van der Waals surface area contributed by atoms with Crippen LogP contribution in [0.15, 0.2) is 59.2 Å². The van der Waals surface area contributed by atoms with Gasteiger partial charge >= 0.3 is 0 Å². The number of rotatable bonds is 5. The molecule has 2 aromatic carbocycles. The zero-order chi connectivity index (χ0) is 19.7. The summed E-state index contributed by atoms with van der Waals surface area (Å²) in [5.74, 6) is 1.29. The molecule has 0 spiro atoms. The number of carbonyl (C=O) groups is 1. The molecule has 0 unspecified atom stereocenters. The van der Waals surface area contributed by atoms with E-state index in [0.29, 0.717) is 28.7 Å². The van der Waals surface area contributed by atoms with Crippen LogP contribution in [-0.4, -0.2) is 18.0 Å². The van der Waals surface area contributed by atoms with Crippen LogP contribution in [0.4, 0.5) is 5.13 Å². The van der Waals surface area contributed by atoms with Crippen molar-refractivity contribution in [3.63, 3.8) is 0 Å². The number of fused-ring (bicyclic) bond motifs is 1. The molecular formula is C22H20N2O3S. The lowest BCUT2D eigenvalue weighted by Crippen LogP contribution is -2.30. The molecule has 0 atom stereocenters. The molecular weight excluding hydrogens is 372 g/mol. The number of nitrogens with zero attached hydrogens (tertiary/aromatic N) is 2. The summed E-state index contributed by atoms with van der Waals surface area (Å²) in [6.07, 6.45) is 1.61. The predicted octanol–water partition coefficient (Wildman–Crippen LogP) is 5.36. The van der Waals surface area contributed by atoms with Gasteiger partial charge in [-0.25, -0.2) is 4.98 Å². The maximum atomic E-state index is 13.5. The van der Waals surface area contributed by atoms with Gasteiger partial charge in [0.1, 0.15) is 17.0 Å². The zero-order valence-corrected chi connectivity index (χ0v) is 16.7. The highest BCUT2D eigenvalue weighted by Crippen LogP contribution is 2.35. The molecule has 142 valence electrons. The molecule has 1 amide bonds. The van der Waals surface area contributed by atoms with E-state index in [0.717, 1.165) is 21.3 Å². The van der Waals surface area contributed by atoms with Crippen molar-refractivity contribution in [2.24, 2.45) is 0 Å². The Bertz CT molecular complexity index is 1130. The van der Waals surface area contributed by atoms with Crippen LogP contribution >= 0.6 is 11.3 Å². The van der Waals surface area contributed by atoms with Crippen LogP contribution in [0.25, 0.3) is 10.2 Å². The second-order valence-corrected chi connectivity index (χ2v) is 7.60. The van der Waals surface area contributed by atoms with Gasteiger partial charge in [-0.05, 0) is 49.7 Å². The molecule has 0 aliphatic carbocycles. The van der Waals surface area contributed by atoms with Crippen LogP contribution in [0.2, 0.25) is 0 Å². The summed E-state index contributed by atoms with van der Waals surface area (Å²) in [5, 5.41) is 0.613. The first kappa shape index (κ1) is 18.3. The average molecular weight is 392 g/mol. The summed E-state index contributed by atoms with van der Waals surface area (Å²) in [7, 11) is 1.62. The molecule has 4 rings (SSSR count).